The van der Waals surface area contributed by atoms with Gasteiger partial charge in [-0.05, 0) is 42.2 Å². The van der Waals surface area contributed by atoms with Gasteiger partial charge in [0, 0.05) is 30.0 Å². The van der Waals surface area contributed by atoms with Crippen molar-refractivity contribution in [3.05, 3.63) is 76.9 Å². The maximum atomic E-state index is 6.21. The topological polar surface area (TPSA) is 41.1 Å². The first kappa shape index (κ1) is 15.9. The van der Waals surface area contributed by atoms with Gasteiger partial charge in [-0.3, -0.25) is 0 Å². The molecule has 0 amide bonds. The van der Waals surface area contributed by atoms with Crippen molar-refractivity contribution in [2.24, 2.45) is 0 Å². The molecular formula is C20H19ClN4. The summed E-state index contributed by atoms with van der Waals surface area (Å²) in [5.41, 5.74) is 3.64. The number of halogens is 1. The molecule has 0 bridgehead atoms. The average molecular weight is 351 g/mol. The number of para-hydroxylation sites is 1. The standard InChI is InChI=1S/C20H19ClN4/c21-17-9-3-1-7-16(17)14-23-20-22-12-11-19(24-20)25-13-5-8-15-6-2-4-10-18(15)25/h1-4,6-7,9-12H,5,8,13-14H2,(H,22,23,24). The molecule has 25 heavy (non-hydrogen) atoms. The Morgan fingerprint density at radius 2 is 1.88 bits per heavy atom. The van der Waals surface area contributed by atoms with E-state index in [1.54, 1.807) is 6.20 Å². The third-order valence-electron chi connectivity index (χ3n) is 4.42. The van der Waals surface area contributed by atoms with Crippen molar-refractivity contribution in [3.63, 3.8) is 0 Å². The van der Waals surface area contributed by atoms with Crippen LogP contribution in [0.1, 0.15) is 17.5 Å². The van der Waals surface area contributed by atoms with Crippen molar-refractivity contribution >= 4 is 29.1 Å². The summed E-state index contributed by atoms with van der Waals surface area (Å²) in [4.78, 5) is 11.3. The fraction of sp³-hybridized carbons (Fsp3) is 0.200. The summed E-state index contributed by atoms with van der Waals surface area (Å²) in [5, 5.41) is 4.02. The fourth-order valence-electron chi connectivity index (χ4n) is 3.17. The van der Waals surface area contributed by atoms with Gasteiger partial charge in [-0.15, -0.1) is 0 Å². The maximum Gasteiger partial charge on any atom is 0.224 e. The smallest absolute Gasteiger partial charge is 0.224 e. The highest BCUT2D eigenvalue weighted by atomic mass is 35.5. The van der Waals surface area contributed by atoms with Crippen molar-refractivity contribution in [2.45, 2.75) is 19.4 Å². The molecule has 0 spiro atoms. The van der Waals surface area contributed by atoms with Crippen LogP contribution in [-0.2, 0) is 13.0 Å². The maximum absolute atomic E-state index is 6.21. The van der Waals surface area contributed by atoms with Crippen LogP contribution in [0.25, 0.3) is 0 Å². The van der Waals surface area contributed by atoms with E-state index in [1.807, 2.05) is 30.3 Å². The van der Waals surface area contributed by atoms with Crippen molar-refractivity contribution in [3.8, 4) is 0 Å². The first-order valence-corrected chi connectivity index (χ1v) is 8.85. The highest BCUT2D eigenvalue weighted by Gasteiger charge is 2.19. The molecule has 0 atom stereocenters. The normalized spacial score (nSPS) is 13.4. The molecular weight excluding hydrogens is 332 g/mol. The van der Waals surface area contributed by atoms with Gasteiger partial charge in [-0.2, -0.15) is 4.98 Å². The second kappa shape index (κ2) is 7.11. The lowest BCUT2D eigenvalue weighted by molar-refractivity contribution is 0.758. The lowest BCUT2D eigenvalue weighted by Crippen LogP contribution is -2.25. The molecule has 0 fully saturated rings. The second-order valence-electron chi connectivity index (χ2n) is 6.07. The number of rotatable bonds is 4. The summed E-state index contributed by atoms with van der Waals surface area (Å²) in [6, 6.07) is 18.3. The Kier molecular flexibility index (Phi) is 4.53. The van der Waals surface area contributed by atoms with E-state index < -0.39 is 0 Å². The van der Waals surface area contributed by atoms with Crippen LogP contribution in [0.2, 0.25) is 5.02 Å². The number of anilines is 3. The van der Waals surface area contributed by atoms with Gasteiger partial charge in [0.05, 0.1) is 0 Å². The Balaban J connectivity index is 1.55. The molecule has 2 heterocycles. The van der Waals surface area contributed by atoms with Crippen LogP contribution in [0.4, 0.5) is 17.5 Å². The Morgan fingerprint density at radius 1 is 1.04 bits per heavy atom. The molecule has 1 N–H and O–H groups in total. The van der Waals surface area contributed by atoms with Crippen LogP contribution < -0.4 is 10.2 Å². The van der Waals surface area contributed by atoms with E-state index in [2.05, 4.69) is 39.5 Å². The monoisotopic (exact) mass is 350 g/mol. The summed E-state index contributed by atoms with van der Waals surface area (Å²) < 4.78 is 0. The number of hydrogen-bond donors (Lipinski definition) is 1. The van der Waals surface area contributed by atoms with Crippen molar-refractivity contribution < 1.29 is 0 Å². The van der Waals surface area contributed by atoms with Crippen LogP contribution in [-0.4, -0.2) is 16.5 Å². The van der Waals surface area contributed by atoms with Gasteiger partial charge >= 0.3 is 0 Å². The molecule has 1 aliphatic rings. The highest BCUT2D eigenvalue weighted by Crippen LogP contribution is 2.32. The summed E-state index contributed by atoms with van der Waals surface area (Å²) in [6.07, 6.45) is 4.05. The summed E-state index contributed by atoms with van der Waals surface area (Å²) in [5.74, 6) is 1.53. The molecule has 4 nitrogen and oxygen atoms in total. The molecule has 1 aromatic heterocycles. The van der Waals surface area contributed by atoms with Crippen molar-refractivity contribution in [1.29, 1.82) is 0 Å². The molecule has 2 aromatic carbocycles. The number of benzene rings is 2. The van der Waals surface area contributed by atoms with Gasteiger partial charge in [-0.1, -0.05) is 48.0 Å². The van der Waals surface area contributed by atoms with E-state index in [4.69, 9.17) is 16.6 Å². The van der Waals surface area contributed by atoms with E-state index in [0.717, 1.165) is 35.8 Å². The lowest BCUT2D eigenvalue weighted by Gasteiger charge is -2.30. The quantitative estimate of drug-likeness (QED) is 0.732. The number of nitrogens with zero attached hydrogens (tertiary/aromatic N) is 3. The summed E-state index contributed by atoms with van der Waals surface area (Å²) in [6.45, 7) is 1.57. The Hall–Kier alpha value is -2.59. The number of fused-ring (bicyclic) bond motifs is 1. The SMILES string of the molecule is Clc1ccccc1CNc1nccc(N2CCCc3ccccc32)n1. The summed E-state index contributed by atoms with van der Waals surface area (Å²) in [7, 11) is 0. The van der Waals surface area contributed by atoms with Gasteiger partial charge in [0.25, 0.3) is 0 Å². The fourth-order valence-corrected chi connectivity index (χ4v) is 3.37. The first-order chi connectivity index (χ1) is 12.3. The average Bonchev–Trinajstić information content (AvgIpc) is 2.67. The van der Waals surface area contributed by atoms with Crippen LogP contribution in [0, 0.1) is 0 Å². The Morgan fingerprint density at radius 3 is 2.80 bits per heavy atom. The zero-order chi connectivity index (χ0) is 17.1. The van der Waals surface area contributed by atoms with Gasteiger partial charge in [0.1, 0.15) is 5.82 Å². The predicted molar refractivity (Wildman–Crippen MR) is 103 cm³/mol. The molecule has 0 saturated heterocycles. The van der Waals surface area contributed by atoms with Gasteiger partial charge in [-0.25, -0.2) is 4.98 Å². The zero-order valence-corrected chi connectivity index (χ0v) is 14.6. The second-order valence-corrected chi connectivity index (χ2v) is 6.47. The van der Waals surface area contributed by atoms with Gasteiger partial charge in [0.2, 0.25) is 5.95 Å². The molecule has 0 unspecified atom stereocenters. The van der Waals surface area contributed by atoms with Crippen molar-refractivity contribution in [1.82, 2.24) is 9.97 Å². The third-order valence-corrected chi connectivity index (χ3v) is 4.79. The largest absolute Gasteiger partial charge is 0.350 e. The minimum absolute atomic E-state index is 0.597. The van der Waals surface area contributed by atoms with Crippen molar-refractivity contribution in [2.75, 3.05) is 16.8 Å². The number of aryl methyl sites for hydroxylation is 1. The first-order valence-electron chi connectivity index (χ1n) is 8.47. The van der Waals surface area contributed by atoms with Crippen LogP contribution in [0.5, 0.6) is 0 Å². The number of hydrogen-bond acceptors (Lipinski definition) is 4. The summed E-state index contributed by atoms with van der Waals surface area (Å²) >= 11 is 6.21. The molecule has 126 valence electrons. The number of aromatic nitrogens is 2. The third kappa shape index (κ3) is 3.44. The van der Waals surface area contributed by atoms with Crippen LogP contribution >= 0.6 is 11.6 Å². The minimum atomic E-state index is 0.597. The lowest BCUT2D eigenvalue weighted by atomic mass is 10.0. The molecule has 0 aliphatic carbocycles. The van der Waals surface area contributed by atoms with Gasteiger partial charge < -0.3 is 10.2 Å². The molecule has 4 rings (SSSR count). The van der Waals surface area contributed by atoms with Gasteiger partial charge in [0.15, 0.2) is 0 Å². The van der Waals surface area contributed by atoms with E-state index in [0.29, 0.717) is 12.5 Å². The molecule has 3 aromatic rings. The molecule has 0 saturated carbocycles. The molecule has 5 heteroatoms. The van der Waals surface area contributed by atoms with E-state index >= 15 is 0 Å². The Bertz CT molecular complexity index is 881. The Labute approximate surface area is 152 Å². The van der Waals surface area contributed by atoms with E-state index in [9.17, 15) is 0 Å². The van der Waals surface area contributed by atoms with Crippen LogP contribution in [0.15, 0.2) is 60.8 Å². The minimum Gasteiger partial charge on any atom is -0.350 e. The number of nitrogens with one attached hydrogen (secondary N) is 1. The predicted octanol–water partition coefficient (Wildman–Crippen LogP) is 4.83. The molecule has 1 aliphatic heterocycles. The highest BCUT2D eigenvalue weighted by molar-refractivity contribution is 6.31. The van der Waals surface area contributed by atoms with E-state index in [-0.39, 0.29) is 0 Å². The van der Waals surface area contributed by atoms with Crippen LogP contribution in [0.3, 0.4) is 0 Å². The molecule has 0 radical (unpaired) electrons. The van der Waals surface area contributed by atoms with E-state index in [1.165, 1.54) is 11.3 Å². The zero-order valence-electron chi connectivity index (χ0n) is 13.8.